The summed E-state index contributed by atoms with van der Waals surface area (Å²) >= 11 is 1.83. The molecular weight excluding hydrogens is 234 g/mol. The van der Waals surface area contributed by atoms with Crippen molar-refractivity contribution in [2.75, 3.05) is 25.4 Å². The van der Waals surface area contributed by atoms with E-state index in [4.69, 9.17) is 5.11 Å². The van der Waals surface area contributed by atoms with Crippen molar-refractivity contribution in [3.63, 3.8) is 0 Å². The SMILES string of the molecule is O=C(O)C1CCN(CCSc2ccccc2)C1. The van der Waals surface area contributed by atoms with Crippen molar-refractivity contribution in [3.05, 3.63) is 30.3 Å². The molecule has 1 aliphatic rings. The van der Waals surface area contributed by atoms with Crippen molar-refractivity contribution in [1.82, 2.24) is 4.90 Å². The van der Waals surface area contributed by atoms with Gasteiger partial charge in [-0.05, 0) is 25.1 Å². The van der Waals surface area contributed by atoms with Gasteiger partial charge >= 0.3 is 5.97 Å². The second-order valence-electron chi connectivity index (χ2n) is 4.29. The largest absolute Gasteiger partial charge is 0.481 e. The molecule has 0 aromatic heterocycles. The summed E-state index contributed by atoms with van der Waals surface area (Å²) in [6.45, 7) is 2.61. The van der Waals surface area contributed by atoms with Gasteiger partial charge in [-0.3, -0.25) is 4.79 Å². The highest BCUT2D eigenvalue weighted by molar-refractivity contribution is 7.99. The third-order valence-corrected chi connectivity index (χ3v) is 4.03. The summed E-state index contributed by atoms with van der Waals surface area (Å²) in [6, 6.07) is 10.3. The summed E-state index contributed by atoms with van der Waals surface area (Å²) in [5.74, 6) is 0.219. The molecule has 17 heavy (non-hydrogen) atoms. The van der Waals surface area contributed by atoms with E-state index in [0.717, 1.165) is 25.3 Å². The molecule has 0 amide bonds. The summed E-state index contributed by atoms with van der Waals surface area (Å²) < 4.78 is 0. The van der Waals surface area contributed by atoms with Gasteiger partial charge in [0.05, 0.1) is 5.92 Å². The van der Waals surface area contributed by atoms with Crippen LogP contribution < -0.4 is 0 Å². The molecule has 0 radical (unpaired) electrons. The Kier molecular flexibility index (Phi) is 4.45. The number of thioether (sulfide) groups is 1. The Bertz CT molecular complexity index is 369. The maximum atomic E-state index is 10.8. The van der Waals surface area contributed by atoms with Gasteiger partial charge in [0.1, 0.15) is 0 Å². The molecule has 1 aromatic carbocycles. The molecule has 1 saturated heterocycles. The molecule has 2 rings (SSSR count). The van der Waals surface area contributed by atoms with E-state index in [-0.39, 0.29) is 5.92 Å². The lowest BCUT2D eigenvalue weighted by molar-refractivity contribution is -0.141. The lowest BCUT2D eigenvalue weighted by Gasteiger charge is -2.14. The third kappa shape index (κ3) is 3.75. The van der Waals surface area contributed by atoms with Crippen LogP contribution in [0.25, 0.3) is 0 Å². The van der Waals surface area contributed by atoms with E-state index in [9.17, 15) is 4.79 Å². The highest BCUT2D eigenvalue weighted by Crippen LogP contribution is 2.20. The third-order valence-electron chi connectivity index (χ3n) is 3.04. The Labute approximate surface area is 106 Å². The van der Waals surface area contributed by atoms with E-state index in [1.54, 1.807) is 0 Å². The first kappa shape index (κ1) is 12.5. The van der Waals surface area contributed by atoms with E-state index in [1.807, 2.05) is 30.0 Å². The Hall–Kier alpha value is -1.00. The van der Waals surface area contributed by atoms with Gasteiger partial charge in [0, 0.05) is 23.7 Å². The number of carboxylic acid groups (broad SMARTS) is 1. The molecule has 1 unspecified atom stereocenters. The number of hydrogen-bond acceptors (Lipinski definition) is 3. The van der Waals surface area contributed by atoms with Crippen molar-refractivity contribution in [1.29, 1.82) is 0 Å². The van der Waals surface area contributed by atoms with Gasteiger partial charge < -0.3 is 10.0 Å². The first-order chi connectivity index (χ1) is 8.25. The average Bonchev–Trinajstić information content (AvgIpc) is 2.79. The number of nitrogens with zero attached hydrogens (tertiary/aromatic N) is 1. The summed E-state index contributed by atoms with van der Waals surface area (Å²) in [4.78, 5) is 14.3. The molecule has 0 spiro atoms. The summed E-state index contributed by atoms with van der Waals surface area (Å²) in [7, 11) is 0. The monoisotopic (exact) mass is 251 g/mol. The summed E-state index contributed by atoms with van der Waals surface area (Å²) in [5.41, 5.74) is 0. The zero-order chi connectivity index (χ0) is 12.1. The summed E-state index contributed by atoms with van der Waals surface area (Å²) in [5, 5.41) is 8.90. The van der Waals surface area contributed by atoms with Crippen LogP contribution in [0.1, 0.15) is 6.42 Å². The fraction of sp³-hybridized carbons (Fsp3) is 0.462. The Balaban J connectivity index is 1.68. The topological polar surface area (TPSA) is 40.5 Å². The lowest BCUT2D eigenvalue weighted by atomic mass is 10.1. The van der Waals surface area contributed by atoms with Crippen molar-refractivity contribution in [2.24, 2.45) is 5.92 Å². The van der Waals surface area contributed by atoms with Crippen LogP contribution in [-0.2, 0) is 4.79 Å². The average molecular weight is 251 g/mol. The first-order valence-corrected chi connectivity index (χ1v) is 6.87. The smallest absolute Gasteiger partial charge is 0.307 e. The first-order valence-electron chi connectivity index (χ1n) is 5.89. The zero-order valence-electron chi connectivity index (χ0n) is 9.71. The molecule has 1 N–H and O–H groups in total. The maximum absolute atomic E-state index is 10.8. The van der Waals surface area contributed by atoms with E-state index < -0.39 is 5.97 Å². The quantitative estimate of drug-likeness (QED) is 0.814. The normalized spacial score (nSPS) is 20.6. The summed E-state index contributed by atoms with van der Waals surface area (Å²) in [6.07, 6.45) is 0.797. The molecule has 92 valence electrons. The van der Waals surface area contributed by atoms with Crippen LogP contribution in [0.2, 0.25) is 0 Å². The fourth-order valence-electron chi connectivity index (χ4n) is 2.05. The molecule has 1 heterocycles. The highest BCUT2D eigenvalue weighted by Gasteiger charge is 2.27. The Morgan fingerprint density at radius 1 is 1.41 bits per heavy atom. The maximum Gasteiger partial charge on any atom is 0.307 e. The van der Waals surface area contributed by atoms with Gasteiger partial charge in [0.15, 0.2) is 0 Å². The number of rotatable bonds is 5. The molecule has 1 fully saturated rings. The molecule has 4 heteroatoms. The van der Waals surface area contributed by atoms with Crippen molar-refractivity contribution >= 4 is 17.7 Å². The molecule has 3 nitrogen and oxygen atoms in total. The predicted octanol–water partition coefficient (Wildman–Crippen LogP) is 2.19. The van der Waals surface area contributed by atoms with Gasteiger partial charge in [0.2, 0.25) is 0 Å². The molecule has 0 saturated carbocycles. The van der Waals surface area contributed by atoms with E-state index in [2.05, 4.69) is 17.0 Å². The molecule has 0 aliphatic carbocycles. The van der Waals surface area contributed by atoms with Crippen LogP contribution in [0.4, 0.5) is 0 Å². The van der Waals surface area contributed by atoms with Crippen LogP contribution in [0.5, 0.6) is 0 Å². The number of aliphatic carboxylic acids is 1. The number of benzene rings is 1. The molecule has 1 aliphatic heterocycles. The second kappa shape index (κ2) is 6.07. The second-order valence-corrected chi connectivity index (χ2v) is 5.45. The minimum Gasteiger partial charge on any atom is -0.481 e. The zero-order valence-corrected chi connectivity index (χ0v) is 10.5. The van der Waals surface area contributed by atoms with Crippen molar-refractivity contribution in [3.8, 4) is 0 Å². The van der Waals surface area contributed by atoms with Gasteiger partial charge in [0.25, 0.3) is 0 Å². The lowest BCUT2D eigenvalue weighted by Crippen LogP contribution is -2.25. The van der Waals surface area contributed by atoms with Crippen LogP contribution in [-0.4, -0.2) is 41.4 Å². The van der Waals surface area contributed by atoms with Gasteiger partial charge in [-0.1, -0.05) is 18.2 Å². The van der Waals surface area contributed by atoms with Gasteiger partial charge in [-0.25, -0.2) is 0 Å². The number of hydrogen-bond donors (Lipinski definition) is 1. The van der Waals surface area contributed by atoms with Crippen LogP contribution >= 0.6 is 11.8 Å². The molecule has 0 bridgehead atoms. The van der Waals surface area contributed by atoms with Gasteiger partial charge in [-0.2, -0.15) is 0 Å². The Morgan fingerprint density at radius 3 is 2.82 bits per heavy atom. The van der Waals surface area contributed by atoms with Crippen molar-refractivity contribution < 1.29 is 9.90 Å². The fourth-order valence-corrected chi connectivity index (χ4v) is 2.98. The Morgan fingerprint density at radius 2 is 2.18 bits per heavy atom. The minimum absolute atomic E-state index is 0.156. The van der Waals surface area contributed by atoms with Gasteiger partial charge in [-0.15, -0.1) is 11.8 Å². The highest BCUT2D eigenvalue weighted by atomic mass is 32.2. The number of carbonyl (C=O) groups is 1. The van der Waals surface area contributed by atoms with Crippen molar-refractivity contribution in [2.45, 2.75) is 11.3 Å². The molecule has 1 aromatic rings. The van der Waals surface area contributed by atoms with E-state index in [1.165, 1.54) is 4.90 Å². The number of carboxylic acids is 1. The van der Waals surface area contributed by atoms with E-state index in [0.29, 0.717) is 6.54 Å². The molecular formula is C13H17NO2S. The minimum atomic E-state index is -0.650. The molecule has 1 atom stereocenters. The predicted molar refractivity (Wildman–Crippen MR) is 69.3 cm³/mol. The van der Waals surface area contributed by atoms with Crippen LogP contribution in [0, 0.1) is 5.92 Å². The van der Waals surface area contributed by atoms with Crippen LogP contribution in [0.15, 0.2) is 35.2 Å². The van der Waals surface area contributed by atoms with E-state index >= 15 is 0 Å². The standard InChI is InChI=1S/C13H17NO2S/c15-13(16)11-6-7-14(10-11)8-9-17-12-4-2-1-3-5-12/h1-5,11H,6-10H2,(H,15,16). The number of likely N-dealkylation sites (tertiary alicyclic amines) is 1. The van der Waals surface area contributed by atoms with Crippen LogP contribution in [0.3, 0.4) is 0 Å².